The topological polar surface area (TPSA) is 107 Å². The number of nitrogens with zero attached hydrogens (tertiary/aromatic N) is 4. The van der Waals surface area contributed by atoms with Crippen molar-refractivity contribution in [2.75, 3.05) is 64.8 Å². The molecule has 2 aliphatic rings. The van der Waals surface area contributed by atoms with Crippen molar-refractivity contribution in [1.82, 2.24) is 25.4 Å². The quantitative estimate of drug-likeness (QED) is 0.478. The number of carbonyl (C=O) groups is 3. The number of piperazine rings is 1. The molecule has 2 heterocycles. The number of amides is 3. The number of hydrogen-bond acceptors (Lipinski definition) is 7. The first-order valence-electron chi connectivity index (χ1n) is 14.8. The van der Waals surface area contributed by atoms with Gasteiger partial charge in [-0.2, -0.15) is 0 Å². The second-order valence-electron chi connectivity index (χ2n) is 12.6. The van der Waals surface area contributed by atoms with Gasteiger partial charge in [-0.05, 0) is 84.5 Å². The second kappa shape index (κ2) is 13.5. The van der Waals surface area contributed by atoms with Gasteiger partial charge in [0.1, 0.15) is 11.4 Å². The molecule has 1 aromatic heterocycles. The molecule has 0 unspecified atom stereocenters. The molecule has 1 aromatic carbocycles. The first-order chi connectivity index (χ1) is 19.5. The molecule has 1 aliphatic carbocycles. The van der Waals surface area contributed by atoms with Gasteiger partial charge in [-0.3, -0.25) is 9.59 Å². The van der Waals surface area contributed by atoms with Gasteiger partial charge in [0.05, 0.1) is 17.6 Å². The Morgan fingerprint density at radius 2 is 1.68 bits per heavy atom. The van der Waals surface area contributed by atoms with Crippen LogP contribution in [0.15, 0.2) is 30.3 Å². The van der Waals surface area contributed by atoms with E-state index in [1.807, 2.05) is 75.0 Å². The second-order valence-corrected chi connectivity index (χ2v) is 12.6. The van der Waals surface area contributed by atoms with Crippen molar-refractivity contribution in [1.29, 1.82) is 0 Å². The molecule has 2 fully saturated rings. The third-order valence-corrected chi connectivity index (χ3v) is 7.86. The summed E-state index contributed by atoms with van der Waals surface area (Å²) in [5.74, 6) is 1.45. The predicted molar refractivity (Wildman–Crippen MR) is 161 cm³/mol. The van der Waals surface area contributed by atoms with E-state index in [0.717, 1.165) is 43.1 Å². The van der Waals surface area contributed by atoms with E-state index in [0.29, 0.717) is 55.9 Å². The van der Waals surface area contributed by atoms with Gasteiger partial charge >= 0.3 is 6.09 Å². The monoisotopic (exact) mass is 566 g/mol. The van der Waals surface area contributed by atoms with Crippen LogP contribution >= 0.6 is 0 Å². The number of hydrogen-bond donors (Lipinski definition) is 2. The predicted octanol–water partition coefficient (Wildman–Crippen LogP) is 3.51. The lowest BCUT2D eigenvalue weighted by Crippen LogP contribution is -2.52. The van der Waals surface area contributed by atoms with Gasteiger partial charge in [0.25, 0.3) is 5.91 Å². The molecule has 4 rings (SSSR count). The molecule has 1 aliphatic heterocycles. The molecule has 0 radical (unpaired) electrons. The number of benzene rings is 1. The highest BCUT2D eigenvalue weighted by Crippen LogP contribution is 2.29. The first kappa shape index (κ1) is 30.6. The molecule has 10 heteroatoms. The number of rotatable bonds is 9. The van der Waals surface area contributed by atoms with Crippen LogP contribution in [0.5, 0.6) is 0 Å². The van der Waals surface area contributed by atoms with Crippen LogP contribution in [0.4, 0.5) is 10.6 Å². The first-order valence-corrected chi connectivity index (χ1v) is 14.8. The van der Waals surface area contributed by atoms with E-state index < -0.39 is 5.60 Å². The Morgan fingerprint density at radius 1 is 1.02 bits per heavy atom. The van der Waals surface area contributed by atoms with E-state index in [1.54, 1.807) is 0 Å². The molecule has 3 amide bonds. The fourth-order valence-electron chi connectivity index (χ4n) is 5.49. The van der Waals surface area contributed by atoms with E-state index in [4.69, 9.17) is 9.72 Å². The fourth-order valence-corrected chi connectivity index (χ4v) is 5.49. The third-order valence-electron chi connectivity index (χ3n) is 7.86. The summed E-state index contributed by atoms with van der Waals surface area (Å²) in [6, 6.07) is 9.51. The summed E-state index contributed by atoms with van der Waals surface area (Å²) in [7, 11) is 4.01. The molecule has 0 bridgehead atoms. The van der Waals surface area contributed by atoms with Gasteiger partial charge < -0.3 is 30.1 Å². The van der Waals surface area contributed by atoms with Gasteiger partial charge in [-0.1, -0.05) is 18.2 Å². The summed E-state index contributed by atoms with van der Waals surface area (Å²) in [4.78, 5) is 49.0. The molecular weight excluding hydrogens is 520 g/mol. The summed E-state index contributed by atoms with van der Waals surface area (Å²) >= 11 is 0. The van der Waals surface area contributed by atoms with Crippen LogP contribution in [-0.4, -0.2) is 98.2 Å². The molecule has 1 saturated carbocycles. The summed E-state index contributed by atoms with van der Waals surface area (Å²) in [5, 5.41) is 6.87. The zero-order chi connectivity index (χ0) is 29.6. The summed E-state index contributed by atoms with van der Waals surface area (Å²) in [6.07, 6.45) is 3.65. The lowest BCUT2D eigenvalue weighted by molar-refractivity contribution is -0.131. The molecule has 10 nitrogen and oxygen atoms in total. The standard InChI is InChI=1S/C31H46N6O4/c1-31(2,3)41-30(40)33-20-23-12-10-22(11-13-23)19-32-29(39)25-18-27(34-26-9-7-6-8-24(25)26)37-17-16-36(28(38)21-37)15-14-35(4)5/h6-9,18,22-23H,10-17,19-21H2,1-5H3,(H,32,39)(H,33,40). The molecule has 41 heavy (non-hydrogen) atoms. The van der Waals surface area contributed by atoms with Crippen molar-refractivity contribution in [3.8, 4) is 0 Å². The van der Waals surface area contributed by atoms with Gasteiger partial charge in [0, 0.05) is 44.7 Å². The lowest BCUT2D eigenvalue weighted by atomic mass is 9.82. The van der Waals surface area contributed by atoms with Crippen LogP contribution in [0.2, 0.25) is 0 Å². The smallest absolute Gasteiger partial charge is 0.407 e. The SMILES string of the molecule is CN(C)CCN1CCN(c2cc(C(=O)NCC3CCC(CNC(=O)OC(C)(C)C)CC3)c3ccccc3n2)CC1=O. The molecular formula is C31H46N6O4. The molecule has 0 atom stereocenters. The molecule has 2 aromatic rings. The van der Waals surface area contributed by atoms with Crippen LogP contribution in [-0.2, 0) is 9.53 Å². The third kappa shape index (κ3) is 8.79. The van der Waals surface area contributed by atoms with E-state index in [1.165, 1.54) is 0 Å². The van der Waals surface area contributed by atoms with Crippen LogP contribution in [0.25, 0.3) is 10.9 Å². The average molecular weight is 567 g/mol. The van der Waals surface area contributed by atoms with Crippen molar-refractivity contribution >= 4 is 34.6 Å². The Hall–Kier alpha value is -3.40. The Balaban J connectivity index is 1.33. The largest absolute Gasteiger partial charge is 0.444 e. The normalized spacial score (nSPS) is 19.9. The van der Waals surface area contributed by atoms with Crippen LogP contribution in [0, 0.1) is 11.8 Å². The fraction of sp³-hybridized carbons (Fsp3) is 0.613. The van der Waals surface area contributed by atoms with E-state index in [2.05, 4.69) is 15.5 Å². The van der Waals surface area contributed by atoms with Gasteiger partial charge in [0.2, 0.25) is 5.91 Å². The number of nitrogens with one attached hydrogen (secondary N) is 2. The van der Waals surface area contributed by atoms with Crippen LogP contribution in [0.3, 0.4) is 0 Å². The zero-order valence-electron chi connectivity index (χ0n) is 25.2. The Labute approximate surface area is 243 Å². The highest BCUT2D eigenvalue weighted by molar-refractivity contribution is 6.07. The van der Waals surface area contributed by atoms with Crippen molar-refractivity contribution in [3.63, 3.8) is 0 Å². The van der Waals surface area contributed by atoms with Gasteiger partial charge in [-0.25, -0.2) is 9.78 Å². The number of alkyl carbamates (subject to hydrolysis) is 1. The van der Waals surface area contributed by atoms with Crippen molar-refractivity contribution < 1.29 is 19.1 Å². The maximum atomic E-state index is 13.5. The minimum atomic E-state index is -0.501. The van der Waals surface area contributed by atoms with E-state index >= 15 is 0 Å². The Morgan fingerprint density at radius 3 is 2.32 bits per heavy atom. The lowest BCUT2D eigenvalue weighted by Gasteiger charge is -2.35. The van der Waals surface area contributed by atoms with Gasteiger partial charge in [-0.15, -0.1) is 0 Å². The summed E-state index contributed by atoms with van der Waals surface area (Å²) in [5.41, 5.74) is 0.831. The molecule has 1 saturated heterocycles. The number of anilines is 1. The zero-order valence-corrected chi connectivity index (χ0v) is 25.2. The van der Waals surface area contributed by atoms with Gasteiger partial charge in [0.15, 0.2) is 0 Å². The number of ether oxygens (including phenoxy) is 1. The number of fused-ring (bicyclic) bond motifs is 1. The number of aromatic nitrogens is 1. The van der Waals surface area contributed by atoms with Crippen molar-refractivity contribution in [3.05, 3.63) is 35.9 Å². The molecule has 224 valence electrons. The van der Waals surface area contributed by atoms with Crippen molar-refractivity contribution in [2.45, 2.75) is 52.1 Å². The highest BCUT2D eigenvalue weighted by Gasteiger charge is 2.27. The number of pyridine rings is 1. The van der Waals surface area contributed by atoms with E-state index in [-0.39, 0.29) is 24.5 Å². The molecule has 2 N–H and O–H groups in total. The Bertz CT molecular complexity index is 1220. The minimum absolute atomic E-state index is 0.0796. The van der Waals surface area contributed by atoms with E-state index in [9.17, 15) is 14.4 Å². The van der Waals surface area contributed by atoms with Crippen LogP contribution < -0.4 is 15.5 Å². The number of likely N-dealkylation sites (N-methyl/N-ethyl adjacent to an activating group) is 1. The average Bonchev–Trinajstić information content (AvgIpc) is 2.93. The number of carbonyl (C=O) groups excluding carboxylic acids is 3. The highest BCUT2D eigenvalue weighted by atomic mass is 16.6. The summed E-state index contributed by atoms with van der Waals surface area (Å²) < 4.78 is 5.34. The summed E-state index contributed by atoms with van der Waals surface area (Å²) in [6.45, 7) is 9.91. The minimum Gasteiger partial charge on any atom is -0.444 e. The number of para-hydroxylation sites is 1. The maximum Gasteiger partial charge on any atom is 0.407 e. The van der Waals surface area contributed by atoms with Crippen LogP contribution in [0.1, 0.15) is 56.8 Å². The maximum absolute atomic E-state index is 13.5. The Kier molecular flexibility index (Phi) is 10.1. The van der Waals surface area contributed by atoms with Crippen molar-refractivity contribution in [2.24, 2.45) is 11.8 Å². The molecule has 0 spiro atoms.